The lowest BCUT2D eigenvalue weighted by molar-refractivity contribution is -0.125. The Balaban J connectivity index is 1.58. The smallest absolute Gasteiger partial charge is 0.247 e. The van der Waals surface area contributed by atoms with Crippen LogP contribution in [0.15, 0.2) is 48.7 Å². The number of carbonyl (C=O) groups excluding carboxylic acids is 2. The van der Waals surface area contributed by atoms with Crippen LogP contribution >= 0.6 is 0 Å². The average molecular weight is 378 g/mol. The van der Waals surface area contributed by atoms with Crippen molar-refractivity contribution in [3.63, 3.8) is 0 Å². The summed E-state index contributed by atoms with van der Waals surface area (Å²) < 4.78 is 0. The summed E-state index contributed by atoms with van der Waals surface area (Å²) in [4.78, 5) is 32.3. The second-order valence-corrected chi connectivity index (χ2v) is 7.69. The minimum Gasteiger partial charge on any atom is -0.324 e. The fraction of sp³-hybridized carbons (Fsp3) is 0.409. The van der Waals surface area contributed by atoms with Crippen LogP contribution < -0.4 is 16.0 Å². The van der Waals surface area contributed by atoms with Gasteiger partial charge < -0.3 is 11.1 Å². The number of carbonyl (C=O) groups is 2. The van der Waals surface area contributed by atoms with E-state index >= 15 is 0 Å². The van der Waals surface area contributed by atoms with E-state index in [0.717, 1.165) is 31.2 Å². The SMILES string of the molecule is NC(C(=O)N1c2ncccc2C[C@@H]1C(=O)Nc1ccccc1)C1CCCCC1. The van der Waals surface area contributed by atoms with E-state index in [2.05, 4.69) is 10.3 Å². The molecule has 0 bridgehead atoms. The third-order valence-corrected chi connectivity index (χ3v) is 5.84. The van der Waals surface area contributed by atoms with Crippen LogP contribution in [0.2, 0.25) is 0 Å². The number of nitrogens with one attached hydrogen (secondary N) is 1. The number of pyridine rings is 1. The fourth-order valence-electron chi connectivity index (χ4n) is 4.32. The van der Waals surface area contributed by atoms with Crippen molar-refractivity contribution < 1.29 is 9.59 Å². The van der Waals surface area contributed by atoms with Crippen molar-refractivity contribution in [3.8, 4) is 0 Å². The Morgan fingerprint density at radius 3 is 2.57 bits per heavy atom. The molecule has 28 heavy (non-hydrogen) atoms. The van der Waals surface area contributed by atoms with Crippen molar-refractivity contribution in [2.24, 2.45) is 11.7 Å². The third kappa shape index (κ3) is 3.64. The molecule has 146 valence electrons. The lowest BCUT2D eigenvalue weighted by atomic mass is 9.83. The van der Waals surface area contributed by atoms with Crippen LogP contribution in [-0.4, -0.2) is 28.9 Å². The number of hydrogen-bond donors (Lipinski definition) is 2. The number of nitrogens with two attached hydrogens (primary N) is 1. The molecule has 2 aromatic rings. The van der Waals surface area contributed by atoms with Crippen molar-refractivity contribution in [2.45, 2.75) is 50.6 Å². The van der Waals surface area contributed by atoms with Crippen LogP contribution in [0.5, 0.6) is 0 Å². The summed E-state index contributed by atoms with van der Waals surface area (Å²) in [6.45, 7) is 0. The fourth-order valence-corrected chi connectivity index (χ4v) is 4.32. The Hall–Kier alpha value is -2.73. The third-order valence-electron chi connectivity index (χ3n) is 5.84. The number of hydrogen-bond acceptors (Lipinski definition) is 4. The maximum absolute atomic E-state index is 13.4. The Labute approximate surface area is 165 Å². The average Bonchev–Trinajstić information content (AvgIpc) is 3.14. The van der Waals surface area contributed by atoms with Crippen LogP contribution in [0.1, 0.15) is 37.7 Å². The molecule has 2 amide bonds. The summed E-state index contributed by atoms with van der Waals surface area (Å²) in [5.74, 6) is 0.324. The molecule has 1 saturated carbocycles. The summed E-state index contributed by atoms with van der Waals surface area (Å²) in [6.07, 6.45) is 7.46. The number of fused-ring (bicyclic) bond motifs is 1. The lowest BCUT2D eigenvalue weighted by Crippen LogP contribution is -2.54. The maximum atomic E-state index is 13.4. The first-order chi connectivity index (χ1) is 13.6. The molecule has 2 aliphatic rings. The predicted octanol–water partition coefficient (Wildman–Crippen LogP) is 2.89. The Morgan fingerprint density at radius 1 is 1.07 bits per heavy atom. The Morgan fingerprint density at radius 2 is 1.82 bits per heavy atom. The van der Waals surface area contributed by atoms with Gasteiger partial charge >= 0.3 is 0 Å². The van der Waals surface area contributed by atoms with Gasteiger partial charge in [-0.05, 0) is 42.5 Å². The standard InChI is InChI=1S/C22H26N4O2/c23-19(15-8-3-1-4-9-15)22(28)26-18(14-16-10-7-13-24-20(16)26)21(27)25-17-11-5-2-6-12-17/h2,5-7,10-13,15,18-19H,1,3-4,8-9,14,23H2,(H,25,27)/t18-,19?/m1/s1. The second-order valence-electron chi connectivity index (χ2n) is 7.69. The Kier molecular flexibility index (Phi) is 5.39. The van der Waals surface area contributed by atoms with E-state index in [9.17, 15) is 9.59 Å². The van der Waals surface area contributed by atoms with Gasteiger partial charge in [0, 0.05) is 18.3 Å². The first-order valence-electron chi connectivity index (χ1n) is 10.0. The van der Waals surface area contributed by atoms with E-state index in [1.54, 1.807) is 6.20 Å². The molecule has 1 aromatic heterocycles. The highest BCUT2D eigenvalue weighted by Gasteiger charge is 2.42. The molecule has 6 nitrogen and oxygen atoms in total. The summed E-state index contributed by atoms with van der Waals surface area (Å²) in [5.41, 5.74) is 8.00. The zero-order valence-electron chi connectivity index (χ0n) is 15.9. The highest BCUT2D eigenvalue weighted by atomic mass is 16.2. The van der Waals surface area contributed by atoms with E-state index in [0.29, 0.717) is 17.9 Å². The molecular formula is C22H26N4O2. The molecule has 0 saturated heterocycles. The highest BCUT2D eigenvalue weighted by molar-refractivity contribution is 6.08. The normalized spacial score (nSPS) is 20.5. The number of anilines is 2. The quantitative estimate of drug-likeness (QED) is 0.856. The van der Waals surface area contributed by atoms with Gasteiger partial charge in [-0.1, -0.05) is 43.5 Å². The number of aromatic nitrogens is 1. The number of amides is 2. The van der Waals surface area contributed by atoms with Gasteiger partial charge in [0.1, 0.15) is 11.9 Å². The monoisotopic (exact) mass is 378 g/mol. The van der Waals surface area contributed by atoms with E-state index < -0.39 is 12.1 Å². The largest absolute Gasteiger partial charge is 0.324 e. The van der Waals surface area contributed by atoms with Crippen molar-refractivity contribution in [1.29, 1.82) is 0 Å². The molecule has 2 atom stereocenters. The minimum absolute atomic E-state index is 0.173. The van der Waals surface area contributed by atoms with Crippen LogP contribution in [-0.2, 0) is 16.0 Å². The van der Waals surface area contributed by atoms with Gasteiger partial charge in [0.25, 0.3) is 0 Å². The molecule has 3 N–H and O–H groups in total. The van der Waals surface area contributed by atoms with Gasteiger partial charge in [-0.15, -0.1) is 0 Å². The molecule has 1 unspecified atom stereocenters. The summed E-state index contributed by atoms with van der Waals surface area (Å²) in [7, 11) is 0. The topological polar surface area (TPSA) is 88.3 Å². The van der Waals surface area contributed by atoms with Gasteiger partial charge in [0.05, 0.1) is 6.04 Å². The zero-order chi connectivity index (χ0) is 19.5. The molecule has 1 aliphatic carbocycles. The van der Waals surface area contributed by atoms with Crippen LogP contribution in [0.3, 0.4) is 0 Å². The molecule has 6 heteroatoms. The van der Waals surface area contributed by atoms with Crippen LogP contribution in [0.4, 0.5) is 11.5 Å². The van der Waals surface area contributed by atoms with Gasteiger partial charge in [0.2, 0.25) is 11.8 Å². The predicted molar refractivity (Wildman–Crippen MR) is 109 cm³/mol. The summed E-state index contributed by atoms with van der Waals surface area (Å²) >= 11 is 0. The molecule has 4 rings (SSSR count). The summed E-state index contributed by atoms with van der Waals surface area (Å²) in [6, 6.07) is 11.8. The van der Waals surface area contributed by atoms with Gasteiger partial charge in [-0.3, -0.25) is 14.5 Å². The van der Waals surface area contributed by atoms with Crippen molar-refractivity contribution in [2.75, 3.05) is 10.2 Å². The molecule has 2 heterocycles. The lowest BCUT2D eigenvalue weighted by Gasteiger charge is -2.32. The molecule has 1 aliphatic heterocycles. The van der Waals surface area contributed by atoms with E-state index in [1.165, 1.54) is 11.3 Å². The molecular weight excluding hydrogens is 352 g/mol. The first-order valence-corrected chi connectivity index (χ1v) is 10.0. The van der Waals surface area contributed by atoms with E-state index in [-0.39, 0.29) is 17.7 Å². The van der Waals surface area contributed by atoms with Crippen molar-refractivity contribution in [3.05, 3.63) is 54.2 Å². The van der Waals surface area contributed by atoms with Gasteiger partial charge in [-0.2, -0.15) is 0 Å². The molecule has 0 radical (unpaired) electrons. The first kappa shape index (κ1) is 18.6. The van der Waals surface area contributed by atoms with E-state index in [4.69, 9.17) is 5.73 Å². The number of nitrogens with zero attached hydrogens (tertiary/aromatic N) is 2. The van der Waals surface area contributed by atoms with Crippen molar-refractivity contribution in [1.82, 2.24) is 4.98 Å². The number of rotatable bonds is 4. The molecule has 1 aromatic carbocycles. The zero-order valence-corrected chi connectivity index (χ0v) is 15.9. The van der Waals surface area contributed by atoms with Crippen LogP contribution in [0, 0.1) is 5.92 Å². The van der Waals surface area contributed by atoms with Gasteiger partial charge in [-0.25, -0.2) is 4.98 Å². The van der Waals surface area contributed by atoms with Gasteiger partial charge in [0.15, 0.2) is 0 Å². The maximum Gasteiger partial charge on any atom is 0.247 e. The summed E-state index contributed by atoms with van der Waals surface area (Å²) in [5, 5.41) is 2.92. The number of para-hydroxylation sites is 1. The second kappa shape index (κ2) is 8.10. The minimum atomic E-state index is -0.632. The Bertz CT molecular complexity index is 849. The van der Waals surface area contributed by atoms with Crippen molar-refractivity contribution >= 4 is 23.3 Å². The van der Waals surface area contributed by atoms with Crippen LogP contribution in [0.25, 0.3) is 0 Å². The van der Waals surface area contributed by atoms with E-state index in [1.807, 2.05) is 42.5 Å². The molecule has 0 spiro atoms. The highest BCUT2D eigenvalue weighted by Crippen LogP contribution is 2.33. The molecule has 1 fully saturated rings. The number of benzene rings is 1.